The SMILES string of the molecule is C=C1Nc2ncccc2N1S. The van der Waals surface area contributed by atoms with Crippen molar-refractivity contribution in [3.63, 3.8) is 0 Å². The Morgan fingerprint density at radius 3 is 3.18 bits per heavy atom. The normalized spacial score (nSPS) is 14.6. The van der Waals surface area contributed by atoms with Gasteiger partial charge in [-0.1, -0.05) is 19.4 Å². The van der Waals surface area contributed by atoms with Gasteiger partial charge in [-0.05, 0) is 12.1 Å². The zero-order valence-electron chi connectivity index (χ0n) is 5.78. The third-order valence-corrected chi connectivity index (χ3v) is 1.99. The molecule has 0 spiro atoms. The Kier molecular flexibility index (Phi) is 1.29. The van der Waals surface area contributed by atoms with Gasteiger partial charge in [-0.2, -0.15) is 0 Å². The minimum Gasteiger partial charge on any atom is -0.324 e. The van der Waals surface area contributed by atoms with Crippen LogP contribution < -0.4 is 9.62 Å². The van der Waals surface area contributed by atoms with Gasteiger partial charge >= 0.3 is 0 Å². The summed E-state index contributed by atoms with van der Waals surface area (Å²) in [5.41, 5.74) is 0.945. The van der Waals surface area contributed by atoms with Crippen molar-refractivity contribution in [3.05, 3.63) is 30.7 Å². The Morgan fingerprint density at radius 1 is 1.64 bits per heavy atom. The molecule has 1 aromatic rings. The lowest BCUT2D eigenvalue weighted by Crippen LogP contribution is -2.05. The maximum atomic E-state index is 4.20. The van der Waals surface area contributed by atoms with Gasteiger partial charge in [0.25, 0.3) is 0 Å². The van der Waals surface area contributed by atoms with Gasteiger partial charge < -0.3 is 5.32 Å². The highest BCUT2D eigenvalue weighted by Crippen LogP contribution is 2.34. The molecule has 0 fully saturated rings. The number of anilines is 2. The molecule has 2 heterocycles. The molecule has 3 nitrogen and oxygen atoms in total. The summed E-state index contributed by atoms with van der Waals surface area (Å²) in [5, 5.41) is 2.99. The minimum absolute atomic E-state index is 0.738. The van der Waals surface area contributed by atoms with E-state index in [0.717, 1.165) is 17.3 Å². The number of nitrogens with zero attached hydrogens (tertiary/aromatic N) is 2. The van der Waals surface area contributed by atoms with Crippen molar-refractivity contribution in [2.45, 2.75) is 0 Å². The fraction of sp³-hybridized carbons (Fsp3) is 0. The van der Waals surface area contributed by atoms with Crippen LogP contribution in [-0.2, 0) is 0 Å². The molecular formula is C7H7N3S. The fourth-order valence-electron chi connectivity index (χ4n) is 0.999. The van der Waals surface area contributed by atoms with Crippen LogP contribution in [0.25, 0.3) is 0 Å². The van der Waals surface area contributed by atoms with Crippen molar-refractivity contribution < 1.29 is 0 Å². The molecule has 2 rings (SSSR count). The zero-order valence-corrected chi connectivity index (χ0v) is 6.68. The monoisotopic (exact) mass is 165 g/mol. The predicted molar refractivity (Wildman–Crippen MR) is 48.5 cm³/mol. The molecule has 1 aliphatic rings. The van der Waals surface area contributed by atoms with E-state index in [1.165, 1.54) is 0 Å². The maximum absolute atomic E-state index is 4.20. The first-order valence-electron chi connectivity index (χ1n) is 3.19. The summed E-state index contributed by atoms with van der Waals surface area (Å²) in [6.07, 6.45) is 1.73. The largest absolute Gasteiger partial charge is 0.324 e. The number of pyridine rings is 1. The lowest BCUT2D eigenvalue weighted by Gasteiger charge is -2.07. The molecule has 1 aromatic heterocycles. The van der Waals surface area contributed by atoms with Crippen molar-refractivity contribution in [3.8, 4) is 0 Å². The van der Waals surface area contributed by atoms with Crippen molar-refractivity contribution in [2.75, 3.05) is 9.62 Å². The van der Waals surface area contributed by atoms with E-state index in [2.05, 4.69) is 29.7 Å². The van der Waals surface area contributed by atoms with Gasteiger partial charge in [-0.3, -0.25) is 4.31 Å². The smallest absolute Gasteiger partial charge is 0.156 e. The number of rotatable bonds is 0. The van der Waals surface area contributed by atoms with Crippen LogP contribution in [0.4, 0.5) is 11.5 Å². The Labute approximate surface area is 70.3 Å². The highest BCUT2D eigenvalue weighted by atomic mass is 32.1. The van der Waals surface area contributed by atoms with Crippen LogP contribution in [-0.4, -0.2) is 4.98 Å². The molecular weight excluding hydrogens is 158 g/mol. The van der Waals surface area contributed by atoms with Crippen molar-refractivity contribution in [2.24, 2.45) is 0 Å². The van der Waals surface area contributed by atoms with Crippen molar-refractivity contribution >= 4 is 24.3 Å². The van der Waals surface area contributed by atoms with Gasteiger partial charge in [-0.15, -0.1) is 0 Å². The Morgan fingerprint density at radius 2 is 2.45 bits per heavy atom. The van der Waals surface area contributed by atoms with Crippen LogP contribution in [0.3, 0.4) is 0 Å². The molecule has 0 atom stereocenters. The van der Waals surface area contributed by atoms with Crippen LogP contribution >= 0.6 is 12.8 Å². The summed E-state index contributed by atoms with van der Waals surface area (Å²) < 4.78 is 1.67. The first-order chi connectivity index (χ1) is 5.29. The van der Waals surface area contributed by atoms with E-state index in [4.69, 9.17) is 0 Å². The zero-order chi connectivity index (χ0) is 7.84. The molecule has 4 heteroatoms. The summed E-state index contributed by atoms with van der Waals surface area (Å²) in [5.74, 6) is 1.55. The van der Waals surface area contributed by atoms with Crippen LogP contribution in [0.1, 0.15) is 0 Å². The molecule has 0 saturated carbocycles. The molecule has 11 heavy (non-hydrogen) atoms. The average Bonchev–Trinajstić information content (AvgIpc) is 2.30. The Balaban J connectivity index is 2.55. The van der Waals surface area contributed by atoms with E-state index in [1.807, 2.05) is 12.1 Å². The van der Waals surface area contributed by atoms with Crippen LogP contribution in [0, 0.1) is 0 Å². The Bertz CT molecular complexity index is 310. The molecule has 0 bridgehead atoms. The van der Waals surface area contributed by atoms with Crippen LogP contribution in [0.2, 0.25) is 0 Å². The van der Waals surface area contributed by atoms with E-state index in [-0.39, 0.29) is 0 Å². The third kappa shape index (κ3) is 0.867. The van der Waals surface area contributed by atoms with Gasteiger partial charge in [0.2, 0.25) is 0 Å². The highest BCUT2D eigenvalue weighted by molar-refractivity contribution is 7.82. The molecule has 0 unspecified atom stereocenters. The maximum Gasteiger partial charge on any atom is 0.156 e. The lowest BCUT2D eigenvalue weighted by atomic mass is 10.4. The second-order valence-corrected chi connectivity index (χ2v) is 2.65. The van der Waals surface area contributed by atoms with E-state index in [1.54, 1.807) is 10.5 Å². The van der Waals surface area contributed by atoms with E-state index in [0.29, 0.717) is 0 Å². The Hall–Kier alpha value is -1.16. The first-order valence-corrected chi connectivity index (χ1v) is 3.59. The topological polar surface area (TPSA) is 28.2 Å². The molecule has 56 valence electrons. The molecule has 0 aromatic carbocycles. The van der Waals surface area contributed by atoms with Crippen LogP contribution in [0.15, 0.2) is 30.7 Å². The summed E-state index contributed by atoms with van der Waals surface area (Å²) >= 11 is 4.20. The van der Waals surface area contributed by atoms with E-state index in [9.17, 15) is 0 Å². The molecule has 1 aliphatic heterocycles. The van der Waals surface area contributed by atoms with Gasteiger partial charge in [0.1, 0.15) is 5.82 Å². The molecule has 0 radical (unpaired) electrons. The van der Waals surface area contributed by atoms with E-state index < -0.39 is 0 Å². The number of thiol groups is 1. The van der Waals surface area contributed by atoms with Gasteiger partial charge in [0.05, 0.1) is 5.69 Å². The average molecular weight is 165 g/mol. The summed E-state index contributed by atoms with van der Waals surface area (Å²) in [7, 11) is 0. The number of aromatic nitrogens is 1. The van der Waals surface area contributed by atoms with Crippen molar-refractivity contribution in [1.82, 2.24) is 4.98 Å². The van der Waals surface area contributed by atoms with Crippen LogP contribution in [0.5, 0.6) is 0 Å². The molecule has 1 N–H and O–H groups in total. The minimum atomic E-state index is 0.738. The highest BCUT2D eigenvalue weighted by Gasteiger charge is 2.19. The number of fused-ring (bicyclic) bond motifs is 1. The second-order valence-electron chi connectivity index (χ2n) is 2.25. The number of hydrogen-bond acceptors (Lipinski definition) is 4. The predicted octanol–water partition coefficient (Wildman–Crippen LogP) is 1.63. The summed E-state index contributed by atoms with van der Waals surface area (Å²) in [4.78, 5) is 4.10. The second kappa shape index (κ2) is 2.17. The summed E-state index contributed by atoms with van der Waals surface area (Å²) in [6.45, 7) is 3.75. The number of hydrogen-bond donors (Lipinski definition) is 2. The van der Waals surface area contributed by atoms with Gasteiger partial charge in [0, 0.05) is 6.20 Å². The number of nitrogens with one attached hydrogen (secondary N) is 1. The van der Waals surface area contributed by atoms with Gasteiger partial charge in [0.15, 0.2) is 5.82 Å². The third-order valence-electron chi connectivity index (χ3n) is 1.53. The quantitative estimate of drug-likeness (QED) is 0.572. The fourth-order valence-corrected chi connectivity index (χ4v) is 1.21. The molecule has 0 aliphatic carbocycles. The first kappa shape index (κ1) is 6.54. The standard InChI is InChI=1S/C7H7N3S/c1-5-9-7-6(10(5)11)3-2-4-8-7/h2-4,11H,1H2,(H,8,9). The molecule has 0 amide bonds. The summed E-state index contributed by atoms with van der Waals surface area (Å²) in [6, 6.07) is 3.79. The molecule has 0 saturated heterocycles. The van der Waals surface area contributed by atoms with Gasteiger partial charge in [-0.25, -0.2) is 4.98 Å². The van der Waals surface area contributed by atoms with Crippen molar-refractivity contribution in [1.29, 1.82) is 0 Å². The lowest BCUT2D eigenvalue weighted by molar-refractivity contribution is 1.33. The van der Waals surface area contributed by atoms with E-state index >= 15 is 0 Å².